The topological polar surface area (TPSA) is 12.4 Å². The molecular weight excluding hydrogens is 158 g/mol. The van der Waals surface area contributed by atoms with Gasteiger partial charge >= 0.3 is 0 Å². The van der Waals surface area contributed by atoms with Gasteiger partial charge < -0.3 is 0 Å². The van der Waals surface area contributed by atoms with Gasteiger partial charge in [-0.1, -0.05) is 54.0 Å². The molecule has 0 unspecified atom stereocenters. The van der Waals surface area contributed by atoms with Gasteiger partial charge in [0.05, 0.1) is 0 Å². The maximum atomic E-state index is 3.62. The van der Waals surface area contributed by atoms with Crippen LogP contribution >= 0.6 is 0 Å². The predicted molar refractivity (Wildman–Crippen MR) is 67.6 cm³/mol. The standard InChI is InChI=1S/C5H9N.C3H8.2C2H6/c1-4-5(2)6-3;1-3-2;2*1-2/h4H,3H2,1-2H3;3H2,1-2H3;2*1-2H3/b5-4-;;;. The summed E-state index contributed by atoms with van der Waals surface area (Å²) < 4.78 is 0. The van der Waals surface area contributed by atoms with Crippen LogP contribution in [0.15, 0.2) is 16.8 Å². The molecule has 0 fully saturated rings. The fourth-order valence-electron chi connectivity index (χ4n) is 0.0913. The van der Waals surface area contributed by atoms with Gasteiger partial charge in [-0.3, -0.25) is 4.99 Å². The molecule has 0 aliphatic heterocycles. The molecule has 13 heavy (non-hydrogen) atoms. The van der Waals surface area contributed by atoms with Gasteiger partial charge in [-0.2, -0.15) is 0 Å². The van der Waals surface area contributed by atoms with Gasteiger partial charge in [-0.25, -0.2) is 0 Å². The summed E-state index contributed by atoms with van der Waals surface area (Å²) in [5.74, 6) is 0. The van der Waals surface area contributed by atoms with E-state index < -0.39 is 0 Å². The predicted octanol–water partition coefficient (Wildman–Crippen LogP) is 5.08. The Morgan fingerprint density at radius 1 is 1.15 bits per heavy atom. The molecular formula is C12H29N. The molecule has 0 aliphatic carbocycles. The summed E-state index contributed by atoms with van der Waals surface area (Å²) in [4.78, 5) is 3.62. The lowest BCUT2D eigenvalue weighted by molar-refractivity contribution is 1.09. The van der Waals surface area contributed by atoms with E-state index in [4.69, 9.17) is 0 Å². The summed E-state index contributed by atoms with van der Waals surface area (Å²) in [6.45, 7) is 19.4. The van der Waals surface area contributed by atoms with Crippen LogP contribution in [0.5, 0.6) is 0 Å². The highest BCUT2D eigenvalue weighted by atomic mass is 14.7. The fourth-order valence-corrected chi connectivity index (χ4v) is 0.0913. The zero-order valence-electron chi connectivity index (χ0n) is 10.9. The van der Waals surface area contributed by atoms with E-state index in [2.05, 4.69) is 25.6 Å². The van der Waals surface area contributed by atoms with E-state index in [-0.39, 0.29) is 0 Å². The Hall–Kier alpha value is -0.590. The molecule has 0 spiro atoms. The maximum absolute atomic E-state index is 3.62. The molecule has 1 nitrogen and oxygen atoms in total. The first-order valence-corrected chi connectivity index (χ1v) is 5.32. The second-order valence-electron chi connectivity index (χ2n) is 1.80. The van der Waals surface area contributed by atoms with E-state index in [1.807, 2.05) is 47.6 Å². The van der Waals surface area contributed by atoms with Crippen molar-refractivity contribution in [2.24, 2.45) is 4.99 Å². The zero-order chi connectivity index (χ0) is 11.7. The minimum absolute atomic E-state index is 0.981. The monoisotopic (exact) mass is 187 g/mol. The SMILES string of the molecule is C=N/C(C)=C\C.CC.CC.CCC. The molecule has 0 heterocycles. The highest BCUT2D eigenvalue weighted by Gasteiger charge is 1.67. The molecule has 0 saturated heterocycles. The first-order valence-electron chi connectivity index (χ1n) is 5.32. The lowest BCUT2D eigenvalue weighted by Gasteiger charge is -1.78. The number of aliphatic imine (C=N–C) groups is 1. The minimum Gasteiger partial charge on any atom is -0.270 e. The minimum atomic E-state index is 0.981. The van der Waals surface area contributed by atoms with Crippen molar-refractivity contribution in [3.8, 4) is 0 Å². The maximum Gasteiger partial charge on any atom is 0.0322 e. The summed E-state index contributed by atoms with van der Waals surface area (Å²) in [5.41, 5.74) is 0.981. The molecule has 0 aromatic heterocycles. The van der Waals surface area contributed by atoms with Crippen LogP contribution in [0.4, 0.5) is 0 Å². The summed E-state index contributed by atoms with van der Waals surface area (Å²) in [6.07, 6.45) is 3.16. The number of hydrogen-bond donors (Lipinski definition) is 0. The van der Waals surface area contributed by atoms with E-state index in [0.29, 0.717) is 0 Å². The zero-order valence-corrected chi connectivity index (χ0v) is 10.9. The quantitative estimate of drug-likeness (QED) is 0.508. The molecule has 0 atom stereocenters. The highest BCUT2D eigenvalue weighted by molar-refractivity contribution is 5.27. The first-order chi connectivity index (χ1) is 6.22. The number of nitrogens with zero attached hydrogens (tertiary/aromatic N) is 1. The average Bonchev–Trinajstić information content (AvgIpc) is 2.24. The fraction of sp³-hybridized carbons (Fsp3) is 0.750. The molecule has 0 N–H and O–H groups in total. The highest BCUT2D eigenvalue weighted by Crippen LogP contribution is 1.87. The second-order valence-corrected chi connectivity index (χ2v) is 1.80. The third kappa shape index (κ3) is 86.9. The Balaban J connectivity index is -0.0000000493. The van der Waals surface area contributed by atoms with Gasteiger partial charge in [0.15, 0.2) is 0 Å². The number of allylic oxidation sites excluding steroid dienone is 2. The van der Waals surface area contributed by atoms with Gasteiger partial charge in [0.1, 0.15) is 0 Å². The Morgan fingerprint density at radius 3 is 1.38 bits per heavy atom. The molecule has 82 valence electrons. The van der Waals surface area contributed by atoms with Crippen molar-refractivity contribution in [2.45, 2.75) is 61.8 Å². The smallest absolute Gasteiger partial charge is 0.0322 e. The van der Waals surface area contributed by atoms with Crippen molar-refractivity contribution in [1.29, 1.82) is 0 Å². The Bertz CT molecular complexity index is 83.1. The molecule has 0 rings (SSSR count). The van der Waals surface area contributed by atoms with Gasteiger partial charge in [0.2, 0.25) is 0 Å². The van der Waals surface area contributed by atoms with Gasteiger partial charge in [-0.15, -0.1) is 0 Å². The van der Waals surface area contributed by atoms with E-state index in [9.17, 15) is 0 Å². The van der Waals surface area contributed by atoms with Gasteiger partial charge in [0, 0.05) is 5.70 Å². The third-order valence-corrected chi connectivity index (χ3v) is 0.667. The van der Waals surface area contributed by atoms with E-state index in [1.54, 1.807) is 0 Å². The Labute approximate surface area is 86.0 Å². The van der Waals surface area contributed by atoms with Crippen molar-refractivity contribution in [1.82, 2.24) is 0 Å². The van der Waals surface area contributed by atoms with Gasteiger partial charge in [-0.05, 0) is 20.6 Å². The van der Waals surface area contributed by atoms with Crippen LogP contribution in [0.3, 0.4) is 0 Å². The van der Waals surface area contributed by atoms with Crippen LogP contribution in [0.2, 0.25) is 0 Å². The molecule has 0 bridgehead atoms. The molecule has 0 aromatic rings. The third-order valence-electron chi connectivity index (χ3n) is 0.667. The largest absolute Gasteiger partial charge is 0.270 e. The Morgan fingerprint density at radius 2 is 1.38 bits per heavy atom. The molecule has 0 aliphatic rings. The second kappa shape index (κ2) is 42.2. The lowest BCUT2D eigenvalue weighted by Crippen LogP contribution is -1.58. The van der Waals surface area contributed by atoms with Crippen LogP contribution in [0.25, 0.3) is 0 Å². The molecule has 0 amide bonds. The van der Waals surface area contributed by atoms with Gasteiger partial charge in [0.25, 0.3) is 0 Å². The lowest BCUT2D eigenvalue weighted by atomic mass is 10.5. The first kappa shape index (κ1) is 22.8. The van der Waals surface area contributed by atoms with Crippen molar-refractivity contribution in [2.75, 3.05) is 0 Å². The Kier molecular flexibility index (Phi) is 74.2. The normalized spacial score (nSPS) is 7.54. The van der Waals surface area contributed by atoms with Crippen LogP contribution in [-0.4, -0.2) is 6.72 Å². The van der Waals surface area contributed by atoms with Crippen LogP contribution in [-0.2, 0) is 0 Å². The van der Waals surface area contributed by atoms with E-state index in [1.165, 1.54) is 6.42 Å². The molecule has 1 heteroatoms. The van der Waals surface area contributed by atoms with E-state index in [0.717, 1.165) is 5.70 Å². The summed E-state index contributed by atoms with van der Waals surface area (Å²) >= 11 is 0. The van der Waals surface area contributed by atoms with Crippen molar-refractivity contribution < 1.29 is 0 Å². The number of rotatable bonds is 1. The molecule has 0 saturated carbocycles. The molecule has 0 radical (unpaired) electrons. The van der Waals surface area contributed by atoms with Crippen LogP contribution in [0.1, 0.15) is 61.8 Å². The summed E-state index contributed by atoms with van der Waals surface area (Å²) in [6, 6.07) is 0. The van der Waals surface area contributed by atoms with Crippen molar-refractivity contribution in [3.63, 3.8) is 0 Å². The van der Waals surface area contributed by atoms with Crippen molar-refractivity contribution in [3.05, 3.63) is 11.8 Å². The van der Waals surface area contributed by atoms with Crippen molar-refractivity contribution >= 4 is 6.72 Å². The van der Waals surface area contributed by atoms with Crippen LogP contribution in [0, 0.1) is 0 Å². The summed E-state index contributed by atoms with van der Waals surface area (Å²) in [5, 5.41) is 0. The van der Waals surface area contributed by atoms with Crippen LogP contribution < -0.4 is 0 Å². The molecule has 0 aromatic carbocycles. The number of hydrogen-bond acceptors (Lipinski definition) is 1. The summed E-state index contributed by atoms with van der Waals surface area (Å²) in [7, 11) is 0. The van der Waals surface area contributed by atoms with E-state index >= 15 is 0 Å². The average molecular weight is 187 g/mol.